The Hall–Kier alpha value is -1.59. The number of nitrogens with one attached hydrogen (secondary N) is 2. The van der Waals surface area contributed by atoms with Crippen molar-refractivity contribution in [2.24, 2.45) is 0 Å². The number of carbonyl (C=O) groups is 1. The number of nitrogens with zero attached hydrogens (tertiary/aromatic N) is 1. The first kappa shape index (κ1) is 13.4. The number of morpholine rings is 1. The monoisotopic (exact) mass is 275 g/mol. The van der Waals surface area contributed by atoms with Crippen LogP contribution in [-0.4, -0.2) is 44.8 Å². The van der Waals surface area contributed by atoms with E-state index < -0.39 is 0 Å². The predicted octanol–water partition coefficient (Wildman–Crippen LogP) is 0.501. The minimum atomic E-state index is 0.144. The third kappa shape index (κ3) is 3.29. The average molecular weight is 275 g/mol. The Morgan fingerprint density at radius 3 is 2.65 bits per heavy atom. The summed E-state index contributed by atoms with van der Waals surface area (Å²) >= 11 is 0. The van der Waals surface area contributed by atoms with Gasteiger partial charge in [-0.15, -0.1) is 0 Å². The highest BCUT2D eigenvalue weighted by Crippen LogP contribution is 2.16. The van der Waals surface area contributed by atoms with Gasteiger partial charge in [0, 0.05) is 44.3 Å². The molecule has 0 saturated carbocycles. The number of hydrogen-bond acceptors (Lipinski definition) is 4. The van der Waals surface area contributed by atoms with Crippen LogP contribution in [0.2, 0.25) is 0 Å². The molecule has 2 heterocycles. The quantitative estimate of drug-likeness (QED) is 0.840. The summed E-state index contributed by atoms with van der Waals surface area (Å²) < 4.78 is 5.36. The highest BCUT2D eigenvalue weighted by atomic mass is 16.5. The first-order valence-electron chi connectivity index (χ1n) is 7.23. The van der Waals surface area contributed by atoms with Crippen molar-refractivity contribution >= 4 is 11.6 Å². The molecule has 20 heavy (non-hydrogen) atoms. The van der Waals surface area contributed by atoms with Crippen LogP contribution in [0, 0.1) is 0 Å². The fourth-order valence-corrected chi connectivity index (χ4v) is 2.66. The van der Waals surface area contributed by atoms with Crippen molar-refractivity contribution in [1.82, 2.24) is 10.6 Å². The molecule has 108 valence electrons. The smallest absolute Gasteiger partial charge is 0.221 e. The second kappa shape index (κ2) is 6.24. The standard InChI is InChI=1S/C15H21N3O2/c19-15-9-13(11-17-15)16-10-12-1-3-14(4-2-12)18-5-7-20-8-6-18/h1-4,13,16H,5-11H2,(H,17,19). The summed E-state index contributed by atoms with van der Waals surface area (Å²) in [7, 11) is 0. The largest absolute Gasteiger partial charge is 0.378 e. The zero-order valence-electron chi connectivity index (χ0n) is 11.6. The Morgan fingerprint density at radius 2 is 2.00 bits per heavy atom. The van der Waals surface area contributed by atoms with Gasteiger partial charge >= 0.3 is 0 Å². The van der Waals surface area contributed by atoms with Crippen LogP contribution in [0.1, 0.15) is 12.0 Å². The molecule has 1 aromatic carbocycles. The van der Waals surface area contributed by atoms with Crippen LogP contribution in [0.25, 0.3) is 0 Å². The van der Waals surface area contributed by atoms with Gasteiger partial charge in [0.05, 0.1) is 13.2 Å². The summed E-state index contributed by atoms with van der Waals surface area (Å²) in [6, 6.07) is 8.91. The fraction of sp³-hybridized carbons (Fsp3) is 0.533. The molecule has 3 rings (SSSR count). The molecule has 0 bridgehead atoms. The van der Waals surface area contributed by atoms with Crippen LogP contribution >= 0.6 is 0 Å². The Bertz CT molecular complexity index is 455. The van der Waals surface area contributed by atoms with E-state index in [4.69, 9.17) is 4.74 Å². The molecule has 2 saturated heterocycles. The Morgan fingerprint density at radius 1 is 1.25 bits per heavy atom. The molecule has 5 nitrogen and oxygen atoms in total. The van der Waals surface area contributed by atoms with Gasteiger partial charge in [0.2, 0.25) is 5.91 Å². The molecule has 2 N–H and O–H groups in total. The second-order valence-corrected chi connectivity index (χ2v) is 5.35. The Labute approximate surface area is 119 Å². The second-order valence-electron chi connectivity index (χ2n) is 5.35. The van der Waals surface area contributed by atoms with E-state index in [2.05, 4.69) is 39.8 Å². The van der Waals surface area contributed by atoms with Crippen molar-refractivity contribution in [2.45, 2.75) is 19.0 Å². The lowest BCUT2D eigenvalue weighted by molar-refractivity contribution is -0.119. The molecule has 0 spiro atoms. The fourth-order valence-electron chi connectivity index (χ4n) is 2.66. The van der Waals surface area contributed by atoms with Crippen LogP contribution in [-0.2, 0) is 16.1 Å². The molecular formula is C15H21N3O2. The zero-order valence-corrected chi connectivity index (χ0v) is 11.6. The lowest BCUT2D eigenvalue weighted by Crippen LogP contribution is -2.36. The van der Waals surface area contributed by atoms with Crippen LogP contribution in [0.15, 0.2) is 24.3 Å². The van der Waals surface area contributed by atoms with Crippen molar-refractivity contribution in [3.05, 3.63) is 29.8 Å². The third-order valence-electron chi connectivity index (χ3n) is 3.88. The molecule has 0 radical (unpaired) electrons. The predicted molar refractivity (Wildman–Crippen MR) is 77.7 cm³/mol. The number of ether oxygens (including phenoxy) is 1. The van der Waals surface area contributed by atoms with Crippen molar-refractivity contribution < 1.29 is 9.53 Å². The lowest BCUT2D eigenvalue weighted by Gasteiger charge is -2.29. The van der Waals surface area contributed by atoms with Gasteiger partial charge in [-0.3, -0.25) is 4.79 Å². The van der Waals surface area contributed by atoms with Gasteiger partial charge in [0.1, 0.15) is 0 Å². The Kier molecular flexibility index (Phi) is 4.18. The third-order valence-corrected chi connectivity index (χ3v) is 3.88. The van der Waals surface area contributed by atoms with Gasteiger partial charge in [0.25, 0.3) is 0 Å². The summed E-state index contributed by atoms with van der Waals surface area (Å²) in [6.07, 6.45) is 0.589. The molecule has 2 aliphatic rings. The SMILES string of the molecule is O=C1CC(NCc2ccc(N3CCOCC3)cc2)CN1. The molecule has 2 aliphatic heterocycles. The highest BCUT2D eigenvalue weighted by Gasteiger charge is 2.20. The summed E-state index contributed by atoms with van der Waals surface area (Å²) in [5.41, 5.74) is 2.51. The maximum absolute atomic E-state index is 11.1. The molecule has 5 heteroatoms. The van der Waals surface area contributed by atoms with E-state index in [0.717, 1.165) is 39.4 Å². The number of anilines is 1. The van der Waals surface area contributed by atoms with Gasteiger partial charge in [-0.2, -0.15) is 0 Å². The van der Waals surface area contributed by atoms with Crippen molar-refractivity contribution in [3.63, 3.8) is 0 Å². The first-order chi connectivity index (χ1) is 9.81. The van der Waals surface area contributed by atoms with Gasteiger partial charge in [-0.05, 0) is 17.7 Å². The molecule has 0 aliphatic carbocycles. The maximum Gasteiger partial charge on any atom is 0.221 e. The van der Waals surface area contributed by atoms with E-state index >= 15 is 0 Å². The highest BCUT2D eigenvalue weighted by molar-refractivity contribution is 5.78. The molecule has 1 unspecified atom stereocenters. The first-order valence-corrected chi connectivity index (χ1v) is 7.23. The van der Waals surface area contributed by atoms with E-state index in [9.17, 15) is 4.79 Å². The van der Waals surface area contributed by atoms with Crippen LogP contribution < -0.4 is 15.5 Å². The van der Waals surface area contributed by atoms with Crippen LogP contribution in [0.5, 0.6) is 0 Å². The molecular weight excluding hydrogens is 254 g/mol. The van der Waals surface area contributed by atoms with Gasteiger partial charge in [0.15, 0.2) is 0 Å². The summed E-state index contributed by atoms with van der Waals surface area (Å²) in [4.78, 5) is 13.5. The molecule has 0 aromatic heterocycles. The zero-order chi connectivity index (χ0) is 13.8. The van der Waals surface area contributed by atoms with E-state index in [1.165, 1.54) is 11.3 Å². The topological polar surface area (TPSA) is 53.6 Å². The summed E-state index contributed by atoms with van der Waals surface area (Å²) in [5.74, 6) is 0.144. The summed E-state index contributed by atoms with van der Waals surface area (Å²) in [6.45, 7) is 5.10. The van der Waals surface area contributed by atoms with Gasteiger partial charge in [-0.25, -0.2) is 0 Å². The van der Waals surface area contributed by atoms with Crippen LogP contribution in [0.4, 0.5) is 5.69 Å². The summed E-state index contributed by atoms with van der Waals surface area (Å²) in [5, 5.41) is 6.25. The Balaban J connectivity index is 1.52. The number of carbonyl (C=O) groups excluding carboxylic acids is 1. The van der Waals surface area contributed by atoms with Gasteiger partial charge in [-0.1, -0.05) is 12.1 Å². The van der Waals surface area contributed by atoms with E-state index in [1.54, 1.807) is 0 Å². The molecule has 1 amide bonds. The van der Waals surface area contributed by atoms with E-state index in [-0.39, 0.29) is 11.9 Å². The lowest BCUT2D eigenvalue weighted by atomic mass is 10.1. The van der Waals surface area contributed by atoms with E-state index in [0.29, 0.717) is 6.42 Å². The minimum Gasteiger partial charge on any atom is -0.378 e. The number of amides is 1. The van der Waals surface area contributed by atoms with Crippen molar-refractivity contribution in [2.75, 3.05) is 37.7 Å². The van der Waals surface area contributed by atoms with Gasteiger partial charge < -0.3 is 20.3 Å². The maximum atomic E-state index is 11.1. The average Bonchev–Trinajstić information content (AvgIpc) is 2.92. The minimum absolute atomic E-state index is 0.144. The number of hydrogen-bond donors (Lipinski definition) is 2. The van der Waals surface area contributed by atoms with Crippen molar-refractivity contribution in [3.8, 4) is 0 Å². The van der Waals surface area contributed by atoms with Crippen LogP contribution in [0.3, 0.4) is 0 Å². The van der Waals surface area contributed by atoms with E-state index in [1.807, 2.05) is 0 Å². The number of rotatable bonds is 4. The molecule has 2 fully saturated rings. The van der Waals surface area contributed by atoms with Crippen molar-refractivity contribution in [1.29, 1.82) is 0 Å². The molecule has 1 atom stereocenters. The number of benzene rings is 1. The molecule has 1 aromatic rings. The normalized spacial score (nSPS) is 22.9.